The molecular weight excluding hydrogens is 406 g/mol. The number of hydrogen-bond acceptors (Lipinski definition) is 4. The average Bonchev–Trinajstić information content (AvgIpc) is 2.92. The van der Waals surface area contributed by atoms with Crippen molar-refractivity contribution in [3.63, 3.8) is 0 Å². The Hall–Kier alpha value is -2.83. The Morgan fingerprint density at radius 2 is 1.93 bits per heavy atom. The molecule has 144 valence electrons. The highest BCUT2D eigenvalue weighted by Gasteiger charge is 2.18. The van der Waals surface area contributed by atoms with Crippen LogP contribution in [-0.2, 0) is 26.9 Å². The first-order chi connectivity index (χ1) is 13.3. The third-order valence-electron chi connectivity index (χ3n) is 3.74. The van der Waals surface area contributed by atoms with Gasteiger partial charge < -0.3 is 4.57 Å². The molecule has 5 nitrogen and oxygen atoms in total. The van der Waals surface area contributed by atoms with E-state index in [0.29, 0.717) is 11.6 Å². The van der Waals surface area contributed by atoms with E-state index in [0.717, 1.165) is 17.4 Å². The minimum atomic E-state index is -3.75. The minimum absolute atomic E-state index is 0.0114. The summed E-state index contributed by atoms with van der Waals surface area (Å²) in [6.45, 7) is -0.106. The summed E-state index contributed by atoms with van der Waals surface area (Å²) in [5, 5.41) is 0. The van der Waals surface area contributed by atoms with Gasteiger partial charge in [-0.1, -0.05) is 47.6 Å². The number of nitrogens with zero attached hydrogens (tertiary/aromatic N) is 2. The average molecular weight is 420 g/mol. The zero-order chi connectivity index (χ0) is 20.3. The van der Waals surface area contributed by atoms with Crippen LogP contribution in [0.3, 0.4) is 0 Å². The maximum Gasteiger partial charge on any atom is 0.263 e. The SMILES string of the molecule is C#CCn1c(=NC(=O)CS(=O)(=O)Cc2ccccc2)sc2cc(F)cc(F)c21. The second-order valence-corrected chi connectivity index (χ2v) is 9.01. The Kier molecular flexibility index (Phi) is 5.72. The molecule has 3 rings (SSSR count). The fourth-order valence-corrected chi connectivity index (χ4v) is 4.99. The number of hydrogen-bond donors (Lipinski definition) is 0. The van der Waals surface area contributed by atoms with Crippen LogP contribution in [0, 0.1) is 24.0 Å². The van der Waals surface area contributed by atoms with E-state index in [9.17, 15) is 22.0 Å². The van der Waals surface area contributed by atoms with E-state index in [-0.39, 0.29) is 27.3 Å². The fourth-order valence-electron chi connectivity index (χ4n) is 2.66. The number of carbonyl (C=O) groups is 1. The number of rotatable bonds is 5. The predicted molar refractivity (Wildman–Crippen MR) is 103 cm³/mol. The summed E-state index contributed by atoms with van der Waals surface area (Å²) >= 11 is 0.856. The van der Waals surface area contributed by atoms with Gasteiger partial charge in [-0.05, 0) is 11.6 Å². The molecule has 0 aliphatic heterocycles. The number of fused-ring (bicyclic) bond motifs is 1. The van der Waals surface area contributed by atoms with Gasteiger partial charge in [0, 0.05) is 6.07 Å². The van der Waals surface area contributed by atoms with Gasteiger partial charge >= 0.3 is 0 Å². The molecule has 1 heterocycles. The van der Waals surface area contributed by atoms with E-state index in [1.54, 1.807) is 30.3 Å². The number of benzene rings is 2. The summed E-state index contributed by atoms with van der Waals surface area (Å²) < 4.78 is 53.6. The van der Waals surface area contributed by atoms with Crippen LogP contribution in [0.1, 0.15) is 5.56 Å². The molecule has 0 bridgehead atoms. The number of halogens is 2. The number of thiazole rings is 1. The van der Waals surface area contributed by atoms with Crippen LogP contribution in [0.4, 0.5) is 8.78 Å². The Labute approximate surface area is 163 Å². The van der Waals surface area contributed by atoms with Gasteiger partial charge in [0.2, 0.25) is 0 Å². The van der Waals surface area contributed by atoms with E-state index in [1.807, 2.05) is 0 Å². The smallest absolute Gasteiger partial charge is 0.263 e. The van der Waals surface area contributed by atoms with Crippen LogP contribution in [0.5, 0.6) is 0 Å². The molecular formula is C19H14F2N2O3S2. The Bertz CT molecular complexity index is 1250. The van der Waals surface area contributed by atoms with Crippen LogP contribution < -0.4 is 4.80 Å². The zero-order valence-corrected chi connectivity index (χ0v) is 16.1. The molecule has 9 heteroatoms. The fraction of sp³-hybridized carbons (Fsp3) is 0.158. The highest BCUT2D eigenvalue weighted by molar-refractivity contribution is 7.91. The van der Waals surface area contributed by atoms with Crippen LogP contribution >= 0.6 is 11.3 Å². The van der Waals surface area contributed by atoms with Gasteiger partial charge in [0.1, 0.15) is 11.6 Å². The molecule has 0 unspecified atom stereocenters. The Morgan fingerprint density at radius 3 is 2.61 bits per heavy atom. The van der Waals surface area contributed by atoms with Gasteiger partial charge in [0.15, 0.2) is 20.5 Å². The number of amides is 1. The summed E-state index contributed by atoms with van der Waals surface area (Å²) in [4.78, 5) is 16.0. The van der Waals surface area contributed by atoms with Crippen molar-refractivity contribution in [3.8, 4) is 12.3 Å². The quantitative estimate of drug-likeness (QED) is 0.596. The van der Waals surface area contributed by atoms with Crippen molar-refractivity contribution in [1.82, 2.24) is 4.57 Å². The summed E-state index contributed by atoms with van der Waals surface area (Å²) in [6, 6.07) is 10.2. The molecule has 1 aromatic heterocycles. The summed E-state index contributed by atoms with van der Waals surface area (Å²) in [5.74, 6) is -1.31. The Balaban J connectivity index is 1.95. The molecule has 0 aliphatic rings. The van der Waals surface area contributed by atoms with Gasteiger partial charge in [-0.15, -0.1) is 6.42 Å². The van der Waals surface area contributed by atoms with Gasteiger partial charge in [-0.2, -0.15) is 4.99 Å². The van der Waals surface area contributed by atoms with Crippen molar-refractivity contribution >= 4 is 37.3 Å². The van der Waals surface area contributed by atoms with Crippen molar-refractivity contribution in [3.05, 3.63) is 64.5 Å². The number of carbonyl (C=O) groups excluding carboxylic acids is 1. The monoisotopic (exact) mass is 420 g/mol. The summed E-state index contributed by atoms with van der Waals surface area (Å²) in [5.41, 5.74) is 0.570. The third-order valence-corrected chi connectivity index (χ3v) is 6.22. The number of sulfone groups is 1. The van der Waals surface area contributed by atoms with Crippen molar-refractivity contribution in [2.75, 3.05) is 5.75 Å². The van der Waals surface area contributed by atoms with Crippen molar-refractivity contribution in [2.24, 2.45) is 4.99 Å². The summed E-state index contributed by atoms with van der Waals surface area (Å²) in [7, 11) is -3.75. The van der Waals surface area contributed by atoms with E-state index >= 15 is 0 Å². The maximum atomic E-state index is 14.1. The van der Waals surface area contributed by atoms with Crippen LogP contribution in [0.25, 0.3) is 10.2 Å². The molecule has 0 radical (unpaired) electrons. The summed E-state index contributed by atoms with van der Waals surface area (Å²) in [6.07, 6.45) is 5.29. The first-order valence-electron chi connectivity index (χ1n) is 8.03. The molecule has 0 fully saturated rings. The number of aromatic nitrogens is 1. The van der Waals surface area contributed by atoms with Gasteiger partial charge in [-0.3, -0.25) is 4.79 Å². The standard InChI is InChI=1S/C19H14F2N2O3S2/c1-2-8-23-18-15(21)9-14(20)10-16(18)27-19(23)22-17(24)12-28(25,26)11-13-6-4-3-5-7-13/h1,3-7,9-10H,8,11-12H2. The molecule has 28 heavy (non-hydrogen) atoms. The largest absolute Gasteiger partial charge is 0.302 e. The lowest BCUT2D eigenvalue weighted by Gasteiger charge is -2.03. The minimum Gasteiger partial charge on any atom is -0.302 e. The van der Waals surface area contributed by atoms with E-state index < -0.39 is 33.1 Å². The molecule has 0 saturated carbocycles. The second-order valence-electron chi connectivity index (χ2n) is 5.93. The first-order valence-corrected chi connectivity index (χ1v) is 10.7. The molecule has 0 saturated heterocycles. The van der Waals surface area contributed by atoms with Crippen molar-refractivity contribution in [1.29, 1.82) is 0 Å². The van der Waals surface area contributed by atoms with Crippen molar-refractivity contribution < 1.29 is 22.0 Å². The van der Waals surface area contributed by atoms with Crippen LogP contribution in [0.2, 0.25) is 0 Å². The molecule has 2 aromatic carbocycles. The molecule has 3 aromatic rings. The zero-order valence-electron chi connectivity index (χ0n) is 14.4. The maximum absolute atomic E-state index is 14.1. The van der Waals surface area contributed by atoms with E-state index in [2.05, 4.69) is 10.9 Å². The van der Waals surface area contributed by atoms with Gasteiger partial charge in [0.25, 0.3) is 5.91 Å². The van der Waals surface area contributed by atoms with Crippen LogP contribution in [-0.4, -0.2) is 24.6 Å². The Morgan fingerprint density at radius 1 is 1.21 bits per heavy atom. The van der Waals surface area contributed by atoms with E-state index in [1.165, 1.54) is 4.57 Å². The second kappa shape index (κ2) is 8.04. The highest BCUT2D eigenvalue weighted by atomic mass is 32.2. The van der Waals surface area contributed by atoms with E-state index in [4.69, 9.17) is 6.42 Å². The van der Waals surface area contributed by atoms with Gasteiger partial charge in [-0.25, -0.2) is 17.2 Å². The first kappa shape index (κ1) is 19.9. The normalized spacial score (nSPS) is 12.2. The highest BCUT2D eigenvalue weighted by Crippen LogP contribution is 2.22. The van der Waals surface area contributed by atoms with Gasteiger partial charge in [0.05, 0.1) is 22.5 Å². The van der Waals surface area contributed by atoms with Crippen LogP contribution in [0.15, 0.2) is 47.5 Å². The topological polar surface area (TPSA) is 68.5 Å². The third kappa shape index (κ3) is 4.52. The molecule has 0 aliphatic carbocycles. The lowest BCUT2D eigenvalue weighted by atomic mass is 10.2. The molecule has 0 atom stereocenters. The predicted octanol–water partition coefficient (Wildman–Crippen LogP) is 2.66. The van der Waals surface area contributed by atoms with Crippen molar-refractivity contribution in [2.45, 2.75) is 12.3 Å². The lowest BCUT2D eigenvalue weighted by Crippen LogP contribution is -2.21. The number of terminal acetylenes is 1. The molecule has 0 N–H and O–H groups in total. The molecule has 1 amide bonds. The lowest BCUT2D eigenvalue weighted by molar-refractivity contribution is -0.115. The molecule has 0 spiro atoms.